The zero-order chi connectivity index (χ0) is 22.9. The summed E-state index contributed by atoms with van der Waals surface area (Å²) in [7, 11) is -1.48. The number of benzene rings is 2. The highest BCUT2D eigenvalue weighted by molar-refractivity contribution is 7.90. The first kappa shape index (κ1) is 25.4. The third-order valence-electron chi connectivity index (χ3n) is 6.26. The maximum absolute atomic E-state index is 11.7. The highest BCUT2D eigenvalue weighted by atomic mass is 35.5. The largest absolute Gasteiger partial charge is 0.441 e. The monoisotopic (exact) mass is 490 g/mol. The number of nitrogens with zero attached hydrogens (tertiary/aromatic N) is 2. The smallest absolute Gasteiger partial charge is 0.226 e. The van der Waals surface area contributed by atoms with E-state index < -0.39 is 9.84 Å². The van der Waals surface area contributed by atoms with Crippen molar-refractivity contribution in [3.05, 3.63) is 60.0 Å². The van der Waals surface area contributed by atoms with E-state index in [1.807, 2.05) is 43.3 Å². The van der Waals surface area contributed by atoms with Crippen molar-refractivity contribution in [1.82, 2.24) is 9.88 Å². The van der Waals surface area contributed by atoms with Crippen molar-refractivity contribution in [2.45, 2.75) is 43.7 Å². The Kier molecular flexibility index (Phi) is 8.00. The number of ether oxygens (including phenoxy) is 1. The summed E-state index contributed by atoms with van der Waals surface area (Å²) in [5, 5.41) is 0. The molecule has 1 aliphatic rings. The fourth-order valence-electron chi connectivity index (χ4n) is 4.28. The number of halogens is 1. The zero-order valence-electron chi connectivity index (χ0n) is 19.4. The molecule has 0 bridgehead atoms. The molecule has 2 heterocycles. The fraction of sp³-hybridized carbons (Fsp3) is 0.400. The van der Waals surface area contributed by atoms with Crippen LogP contribution in [0, 0.1) is 6.92 Å². The second kappa shape index (κ2) is 10.4. The van der Waals surface area contributed by atoms with E-state index in [2.05, 4.69) is 11.8 Å². The van der Waals surface area contributed by atoms with Gasteiger partial charge in [0, 0.05) is 31.5 Å². The maximum Gasteiger partial charge on any atom is 0.226 e. The first-order chi connectivity index (χ1) is 15.3. The van der Waals surface area contributed by atoms with Crippen LogP contribution in [0.5, 0.6) is 0 Å². The number of hydrogen-bond acceptors (Lipinski definition) is 6. The van der Waals surface area contributed by atoms with E-state index in [0.717, 1.165) is 41.2 Å². The lowest BCUT2D eigenvalue weighted by Crippen LogP contribution is -2.32. The third-order valence-corrected chi connectivity index (χ3v) is 7.39. The summed E-state index contributed by atoms with van der Waals surface area (Å²) in [5.74, 6) is 1.35. The van der Waals surface area contributed by atoms with Gasteiger partial charge in [0.05, 0.1) is 4.90 Å². The number of aromatic nitrogens is 1. The molecule has 0 amide bonds. The van der Waals surface area contributed by atoms with Gasteiger partial charge in [-0.3, -0.25) is 4.90 Å². The van der Waals surface area contributed by atoms with Gasteiger partial charge in [-0.15, -0.1) is 12.4 Å². The highest BCUT2D eigenvalue weighted by Gasteiger charge is 2.27. The SMILES string of the molecule is COC(CN1CCCC1C)c1nc(-c2ccc(-c3ccc(S(C)(=O)=O)cc3)cc2)oc1C.Cl. The minimum absolute atomic E-state index is 0. The van der Waals surface area contributed by atoms with E-state index in [9.17, 15) is 8.42 Å². The van der Waals surface area contributed by atoms with Gasteiger partial charge in [0.25, 0.3) is 0 Å². The molecule has 0 spiro atoms. The topological polar surface area (TPSA) is 72.6 Å². The molecule has 4 rings (SSSR count). The quantitative estimate of drug-likeness (QED) is 0.446. The van der Waals surface area contributed by atoms with Crippen LogP contribution in [0.1, 0.15) is 37.3 Å². The van der Waals surface area contributed by atoms with Gasteiger partial charge < -0.3 is 9.15 Å². The fourth-order valence-corrected chi connectivity index (χ4v) is 4.91. The lowest BCUT2D eigenvalue weighted by molar-refractivity contribution is 0.0578. The van der Waals surface area contributed by atoms with Crippen molar-refractivity contribution in [2.24, 2.45) is 0 Å². The molecular formula is C25H31ClN2O4S. The van der Waals surface area contributed by atoms with Crippen LogP contribution in [-0.2, 0) is 14.6 Å². The van der Waals surface area contributed by atoms with E-state index in [1.165, 1.54) is 19.1 Å². The lowest BCUT2D eigenvalue weighted by atomic mass is 10.0. The predicted molar refractivity (Wildman–Crippen MR) is 132 cm³/mol. The molecule has 3 aromatic rings. The van der Waals surface area contributed by atoms with Gasteiger partial charge in [0.15, 0.2) is 9.84 Å². The van der Waals surface area contributed by atoms with Gasteiger partial charge in [-0.2, -0.15) is 0 Å². The molecule has 0 saturated carbocycles. The summed E-state index contributed by atoms with van der Waals surface area (Å²) < 4.78 is 35.1. The molecule has 1 aromatic heterocycles. The van der Waals surface area contributed by atoms with Crippen LogP contribution in [-0.4, -0.2) is 50.8 Å². The summed E-state index contributed by atoms with van der Waals surface area (Å²) in [6.45, 7) is 6.10. The van der Waals surface area contributed by atoms with Gasteiger partial charge in [0.1, 0.15) is 17.6 Å². The summed E-state index contributed by atoms with van der Waals surface area (Å²) in [4.78, 5) is 7.54. The van der Waals surface area contributed by atoms with Crippen molar-refractivity contribution >= 4 is 22.2 Å². The second-order valence-corrected chi connectivity index (χ2v) is 10.6. The molecule has 2 atom stereocenters. The van der Waals surface area contributed by atoms with Crippen LogP contribution in [0.15, 0.2) is 57.8 Å². The van der Waals surface area contributed by atoms with E-state index in [-0.39, 0.29) is 18.5 Å². The average Bonchev–Trinajstić information content (AvgIpc) is 3.36. The minimum Gasteiger partial charge on any atom is -0.441 e. The summed E-state index contributed by atoms with van der Waals surface area (Å²) in [6, 6.07) is 15.4. The van der Waals surface area contributed by atoms with Crippen LogP contribution < -0.4 is 0 Å². The summed E-state index contributed by atoms with van der Waals surface area (Å²) >= 11 is 0. The molecule has 2 aromatic carbocycles. The van der Waals surface area contributed by atoms with Gasteiger partial charge in [-0.05, 0) is 68.6 Å². The number of methoxy groups -OCH3 is 1. The highest BCUT2D eigenvalue weighted by Crippen LogP contribution is 2.30. The molecule has 0 N–H and O–H groups in total. The van der Waals surface area contributed by atoms with Crippen molar-refractivity contribution in [3.63, 3.8) is 0 Å². The van der Waals surface area contributed by atoms with Crippen molar-refractivity contribution in [3.8, 4) is 22.6 Å². The summed E-state index contributed by atoms with van der Waals surface area (Å²) in [6.07, 6.45) is 3.54. The maximum atomic E-state index is 11.7. The molecule has 1 saturated heterocycles. The standard InChI is InChI=1S/C25H30N2O4S.ClH/c1-17-6-5-15-27(17)16-23(30-3)24-18(2)31-25(26-24)21-9-7-19(8-10-21)20-11-13-22(14-12-20)32(4,28)29;/h7-14,17,23H,5-6,15-16H2,1-4H3;1H. The Balaban J connectivity index is 0.00000306. The third kappa shape index (κ3) is 5.66. The Hall–Kier alpha value is -2.19. The number of oxazole rings is 1. The molecule has 6 nitrogen and oxygen atoms in total. The van der Waals surface area contributed by atoms with Crippen LogP contribution in [0.25, 0.3) is 22.6 Å². The van der Waals surface area contributed by atoms with Gasteiger partial charge in [-0.1, -0.05) is 24.3 Å². The normalized spacial score (nSPS) is 17.6. The van der Waals surface area contributed by atoms with Gasteiger partial charge in [-0.25, -0.2) is 13.4 Å². The molecule has 33 heavy (non-hydrogen) atoms. The van der Waals surface area contributed by atoms with E-state index >= 15 is 0 Å². The molecule has 0 aliphatic carbocycles. The number of hydrogen-bond donors (Lipinski definition) is 0. The molecule has 1 aliphatic heterocycles. The Bertz CT molecular complexity index is 1170. The predicted octanol–water partition coefficient (Wildman–Crippen LogP) is 5.31. The zero-order valence-corrected chi connectivity index (χ0v) is 21.1. The molecule has 2 unspecified atom stereocenters. The second-order valence-electron chi connectivity index (χ2n) is 8.54. The number of rotatable bonds is 7. The molecular weight excluding hydrogens is 460 g/mol. The Morgan fingerprint density at radius 3 is 2.18 bits per heavy atom. The molecule has 8 heteroatoms. The first-order valence-corrected chi connectivity index (χ1v) is 12.8. The van der Waals surface area contributed by atoms with Crippen molar-refractivity contribution in [2.75, 3.05) is 26.5 Å². The number of likely N-dealkylation sites (tertiary alicyclic amines) is 1. The lowest BCUT2D eigenvalue weighted by Gasteiger charge is -2.25. The molecule has 0 radical (unpaired) electrons. The molecule has 1 fully saturated rings. The summed E-state index contributed by atoms with van der Waals surface area (Å²) in [5.41, 5.74) is 3.68. The van der Waals surface area contributed by atoms with Crippen LogP contribution in [0.3, 0.4) is 0 Å². The van der Waals surface area contributed by atoms with Crippen LogP contribution in [0.4, 0.5) is 0 Å². The molecule has 178 valence electrons. The van der Waals surface area contributed by atoms with Crippen LogP contribution in [0.2, 0.25) is 0 Å². The van der Waals surface area contributed by atoms with Crippen LogP contribution >= 0.6 is 12.4 Å². The number of sulfone groups is 1. The van der Waals surface area contributed by atoms with Crippen molar-refractivity contribution in [1.29, 1.82) is 0 Å². The Labute approximate surface area is 202 Å². The van der Waals surface area contributed by atoms with Crippen molar-refractivity contribution < 1.29 is 17.6 Å². The Morgan fingerprint density at radius 1 is 1.09 bits per heavy atom. The average molecular weight is 491 g/mol. The van der Waals surface area contributed by atoms with E-state index in [0.29, 0.717) is 16.8 Å². The van der Waals surface area contributed by atoms with Gasteiger partial charge in [0.2, 0.25) is 5.89 Å². The van der Waals surface area contributed by atoms with E-state index in [1.54, 1.807) is 19.2 Å². The Morgan fingerprint density at radius 2 is 1.67 bits per heavy atom. The first-order valence-electron chi connectivity index (χ1n) is 10.9. The minimum atomic E-state index is -3.20. The van der Waals surface area contributed by atoms with E-state index in [4.69, 9.17) is 14.1 Å². The number of aryl methyl sites for hydroxylation is 1. The van der Waals surface area contributed by atoms with Gasteiger partial charge >= 0.3 is 0 Å².